The van der Waals surface area contributed by atoms with Crippen LogP contribution in [0.2, 0.25) is 5.02 Å². The number of para-hydroxylation sites is 1. The Labute approximate surface area is 190 Å². The van der Waals surface area contributed by atoms with E-state index in [-0.39, 0.29) is 11.7 Å². The quantitative estimate of drug-likeness (QED) is 0.311. The average Bonchev–Trinajstić information content (AvgIpc) is 2.78. The summed E-state index contributed by atoms with van der Waals surface area (Å²) < 4.78 is 5.37. The third kappa shape index (κ3) is 4.91. The number of rotatable bonds is 5. The lowest BCUT2D eigenvalue weighted by molar-refractivity contribution is -0.131. The maximum Gasteiger partial charge on any atom is 0.321 e. The van der Waals surface area contributed by atoms with E-state index in [0.717, 1.165) is 41.9 Å². The van der Waals surface area contributed by atoms with Gasteiger partial charge in [0.1, 0.15) is 16.8 Å². The van der Waals surface area contributed by atoms with Crippen LogP contribution in [-0.2, 0) is 17.8 Å². The first kappa shape index (κ1) is 21.4. The monoisotopic (exact) mass is 449 g/mol. The number of fused-ring (bicyclic) bond motifs is 1. The van der Waals surface area contributed by atoms with Gasteiger partial charge in [0.05, 0.1) is 11.3 Å². The van der Waals surface area contributed by atoms with Gasteiger partial charge in [-0.05, 0) is 42.4 Å². The number of benzene rings is 2. The van der Waals surface area contributed by atoms with Gasteiger partial charge in [0.2, 0.25) is 0 Å². The van der Waals surface area contributed by atoms with Crippen LogP contribution < -0.4 is 4.74 Å². The van der Waals surface area contributed by atoms with Gasteiger partial charge in [-0.15, -0.1) is 0 Å². The number of ether oxygens (including phenoxy) is 1. The topological polar surface area (TPSA) is 66.2 Å². The fourth-order valence-corrected chi connectivity index (χ4v) is 4.50. The number of nitriles is 1. The largest absolute Gasteiger partial charge is 0.426 e. The third-order valence-corrected chi connectivity index (χ3v) is 6.26. The molecule has 0 bridgehead atoms. The van der Waals surface area contributed by atoms with Crippen LogP contribution in [0.4, 0.5) is 0 Å². The predicted octanol–water partition coefficient (Wildman–Crippen LogP) is 4.96. The van der Waals surface area contributed by atoms with E-state index in [1.165, 1.54) is 11.8 Å². The number of likely N-dealkylation sites (N-methyl/N-ethyl adjacent to an activating group) is 1. The smallest absolute Gasteiger partial charge is 0.321 e. The number of carbonyl (C=O) groups excluding carboxylic acids is 1. The average molecular weight is 450 g/mol. The van der Waals surface area contributed by atoms with Crippen molar-refractivity contribution in [3.05, 3.63) is 76.4 Å². The second-order valence-electron chi connectivity index (χ2n) is 7.27. The molecule has 2 heterocycles. The van der Waals surface area contributed by atoms with E-state index in [0.29, 0.717) is 21.4 Å². The van der Waals surface area contributed by atoms with Crippen LogP contribution in [0.25, 0.3) is 11.1 Å². The minimum Gasteiger partial charge on any atom is -0.426 e. The Morgan fingerprint density at radius 3 is 2.68 bits per heavy atom. The van der Waals surface area contributed by atoms with Crippen molar-refractivity contribution in [2.45, 2.75) is 18.0 Å². The molecule has 2 aromatic carbocycles. The number of hydrogen-bond donors (Lipinski definition) is 0. The summed E-state index contributed by atoms with van der Waals surface area (Å²) in [4.78, 5) is 19.3. The Bertz CT molecular complexity index is 1140. The molecule has 0 saturated heterocycles. The molecule has 0 atom stereocenters. The molecule has 0 radical (unpaired) electrons. The highest BCUT2D eigenvalue weighted by Crippen LogP contribution is 2.37. The Morgan fingerprint density at radius 2 is 1.97 bits per heavy atom. The first-order valence-electron chi connectivity index (χ1n) is 9.84. The molecule has 1 aromatic heterocycles. The molecule has 0 unspecified atom stereocenters. The van der Waals surface area contributed by atoms with Gasteiger partial charge >= 0.3 is 5.97 Å². The molecular formula is C24H20ClN3O2S. The number of esters is 1. The molecule has 0 saturated carbocycles. The summed E-state index contributed by atoms with van der Waals surface area (Å²) in [5.74, 6) is 0.180. The Balaban J connectivity index is 1.68. The van der Waals surface area contributed by atoms with Crippen molar-refractivity contribution in [2.24, 2.45) is 0 Å². The molecular weight excluding hydrogens is 430 g/mol. The maximum atomic E-state index is 12.3. The van der Waals surface area contributed by atoms with Crippen molar-refractivity contribution >= 4 is 29.3 Å². The minimum atomic E-state index is -0.382. The van der Waals surface area contributed by atoms with E-state index >= 15 is 0 Å². The van der Waals surface area contributed by atoms with Gasteiger partial charge < -0.3 is 9.64 Å². The molecule has 0 aliphatic carbocycles. The maximum absolute atomic E-state index is 12.3. The Hall–Kier alpha value is -2.85. The molecule has 0 fully saturated rings. The van der Waals surface area contributed by atoms with E-state index in [2.05, 4.69) is 18.0 Å². The van der Waals surface area contributed by atoms with E-state index in [1.54, 1.807) is 12.1 Å². The summed E-state index contributed by atoms with van der Waals surface area (Å²) >= 11 is 7.32. The van der Waals surface area contributed by atoms with Gasteiger partial charge in [-0.3, -0.25) is 4.79 Å². The van der Waals surface area contributed by atoms with Gasteiger partial charge in [-0.25, -0.2) is 4.98 Å². The van der Waals surface area contributed by atoms with Crippen molar-refractivity contribution in [1.82, 2.24) is 9.88 Å². The molecule has 7 heteroatoms. The molecule has 0 amide bonds. The zero-order valence-electron chi connectivity index (χ0n) is 17.0. The second-order valence-corrected chi connectivity index (χ2v) is 8.67. The first-order valence-corrected chi connectivity index (χ1v) is 11.2. The van der Waals surface area contributed by atoms with E-state index in [9.17, 15) is 10.1 Å². The van der Waals surface area contributed by atoms with Crippen LogP contribution in [0.15, 0.2) is 59.6 Å². The third-order valence-electron chi connectivity index (χ3n) is 5.06. The van der Waals surface area contributed by atoms with Gasteiger partial charge in [0.15, 0.2) is 0 Å². The van der Waals surface area contributed by atoms with Crippen LogP contribution in [0.1, 0.15) is 16.8 Å². The highest BCUT2D eigenvalue weighted by molar-refractivity contribution is 7.99. The first-order chi connectivity index (χ1) is 15.0. The van der Waals surface area contributed by atoms with Crippen molar-refractivity contribution in [2.75, 3.05) is 19.3 Å². The standard InChI is InChI=1S/C24H20ClN3O2S/c1-28-12-11-21-20(14-28)23(16-7-9-17(25)10-8-16)19(13-26)24(27-21)31-15-22(29)30-18-5-3-2-4-6-18/h2-10H,11-12,14-15H2,1H3. The number of pyridine rings is 1. The zero-order valence-corrected chi connectivity index (χ0v) is 18.5. The predicted molar refractivity (Wildman–Crippen MR) is 122 cm³/mol. The summed E-state index contributed by atoms with van der Waals surface area (Å²) in [6.45, 7) is 1.61. The lowest BCUT2D eigenvalue weighted by Gasteiger charge is -2.28. The van der Waals surface area contributed by atoms with Gasteiger partial charge in [0.25, 0.3) is 0 Å². The van der Waals surface area contributed by atoms with Crippen LogP contribution >= 0.6 is 23.4 Å². The molecule has 1 aliphatic heterocycles. The summed E-state index contributed by atoms with van der Waals surface area (Å²) in [5.41, 5.74) is 4.30. The Morgan fingerprint density at radius 1 is 1.23 bits per heavy atom. The number of aromatic nitrogens is 1. The lowest BCUT2D eigenvalue weighted by atomic mass is 9.92. The van der Waals surface area contributed by atoms with E-state index in [1.807, 2.05) is 42.5 Å². The van der Waals surface area contributed by atoms with Crippen molar-refractivity contribution in [3.8, 4) is 22.9 Å². The van der Waals surface area contributed by atoms with E-state index in [4.69, 9.17) is 21.3 Å². The molecule has 5 nitrogen and oxygen atoms in total. The number of thioether (sulfide) groups is 1. The van der Waals surface area contributed by atoms with Crippen molar-refractivity contribution in [3.63, 3.8) is 0 Å². The van der Waals surface area contributed by atoms with E-state index < -0.39 is 0 Å². The summed E-state index contributed by atoms with van der Waals surface area (Å²) in [6, 6.07) is 18.8. The normalized spacial score (nSPS) is 13.3. The zero-order chi connectivity index (χ0) is 21.8. The Kier molecular flexibility index (Phi) is 6.57. The number of hydrogen-bond acceptors (Lipinski definition) is 6. The summed E-state index contributed by atoms with van der Waals surface area (Å²) in [5, 5.41) is 11.2. The van der Waals surface area contributed by atoms with Crippen LogP contribution in [0.5, 0.6) is 5.75 Å². The second kappa shape index (κ2) is 9.52. The fraction of sp³-hybridized carbons (Fsp3) is 0.208. The summed E-state index contributed by atoms with van der Waals surface area (Å²) in [6.07, 6.45) is 0.792. The molecule has 0 N–H and O–H groups in total. The SMILES string of the molecule is CN1CCc2nc(SCC(=O)Oc3ccccc3)c(C#N)c(-c3ccc(Cl)cc3)c2C1. The number of halogens is 1. The fourth-order valence-electron chi connectivity index (χ4n) is 3.59. The number of nitrogens with zero attached hydrogens (tertiary/aromatic N) is 3. The molecule has 31 heavy (non-hydrogen) atoms. The highest BCUT2D eigenvalue weighted by atomic mass is 35.5. The minimum absolute atomic E-state index is 0.0648. The van der Waals surface area contributed by atoms with Gasteiger partial charge in [-0.1, -0.05) is 53.7 Å². The van der Waals surface area contributed by atoms with Gasteiger partial charge in [-0.2, -0.15) is 5.26 Å². The molecule has 1 aliphatic rings. The van der Waals surface area contributed by atoms with Gasteiger partial charge in [0, 0.05) is 35.8 Å². The number of carbonyl (C=O) groups is 1. The summed E-state index contributed by atoms with van der Waals surface area (Å²) in [7, 11) is 2.06. The van der Waals surface area contributed by atoms with Crippen molar-refractivity contribution < 1.29 is 9.53 Å². The molecule has 0 spiro atoms. The highest BCUT2D eigenvalue weighted by Gasteiger charge is 2.25. The molecule has 4 rings (SSSR count). The lowest BCUT2D eigenvalue weighted by Crippen LogP contribution is -2.28. The molecule has 3 aromatic rings. The van der Waals surface area contributed by atoms with Crippen LogP contribution in [0.3, 0.4) is 0 Å². The van der Waals surface area contributed by atoms with Crippen molar-refractivity contribution in [1.29, 1.82) is 5.26 Å². The molecule has 156 valence electrons. The van der Waals surface area contributed by atoms with Crippen LogP contribution in [-0.4, -0.2) is 35.2 Å². The van der Waals surface area contributed by atoms with Crippen LogP contribution in [0, 0.1) is 11.3 Å².